The molecule has 3 aliphatic carbocycles. The predicted octanol–water partition coefficient (Wildman–Crippen LogP) is 4.85. The molecule has 3 aliphatic rings. The molecule has 2 fully saturated rings. The number of fused-ring (bicyclic) bond motifs is 5. The smallest absolute Gasteiger partial charge is 0.409 e. The fraction of sp³-hybridized carbons (Fsp3) is 0.579. The molecule has 1 aromatic rings. The van der Waals surface area contributed by atoms with Gasteiger partial charge in [0.15, 0.2) is 0 Å². The van der Waals surface area contributed by atoms with E-state index >= 15 is 0 Å². The number of rotatable bonds is 1. The second-order valence-electron chi connectivity index (χ2n) is 7.53. The van der Waals surface area contributed by atoms with E-state index < -0.39 is 5.43 Å². The van der Waals surface area contributed by atoms with Crippen LogP contribution in [-0.4, -0.2) is 11.2 Å². The first-order chi connectivity index (χ1) is 11.0. The third-order valence-corrected chi connectivity index (χ3v) is 6.68. The van der Waals surface area contributed by atoms with E-state index in [0.29, 0.717) is 29.3 Å². The van der Waals surface area contributed by atoms with E-state index in [0.717, 1.165) is 38.5 Å². The number of Topliss-reactive ketones (excluding diaryl/α,β-unsaturated/α-hetero) is 1. The molecule has 0 aromatic heterocycles. The topological polar surface area (TPSA) is 43.4 Å². The zero-order valence-corrected chi connectivity index (χ0v) is 14.1. The highest BCUT2D eigenvalue weighted by atomic mass is 35.5. The summed E-state index contributed by atoms with van der Waals surface area (Å²) in [6.07, 6.45) is 6.05. The zero-order valence-electron chi connectivity index (χ0n) is 13.3. The van der Waals surface area contributed by atoms with Gasteiger partial charge in [-0.3, -0.25) is 4.79 Å². The van der Waals surface area contributed by atoms with Crippen LogP contribution < -0.4 is 4.74 Å². The standard InChI is InChI=1S/C19H21ClO3/c1-19-9-8-14-13-5-3-12(23-18(20)22)10-11(13)2-4-15(14)16(19)6-7-17(19)21/h3,5,10,14-16H,2,4,6-9H2,1H3/t14-,15-,16+,19+/m1/s1. The average molecular weight is 333 g/mol. The van der Waals surface area contributed by atoms with E-state index in [1.54, 1.807) is 0 Å². The van der Waals surface area contributed by atoms with Crippen molar-refractivity contribution in [2.45, 2.75) is 51.4 Å². The quantitative estimate of drug-likeness (QED) is 0.690. The molecule has 4 heteroatoms. The van der Waals surface area contributed by atoms with Gasteiger partial charge in [0.1, 0.15) is 11.5 Å². The molecule has 0 bridgehead atoms. The lowest BCUT2D eigenvalue weighted by Crippen LogP contribution is -2.42. The number of ketones is 1. The summed E-state index contributed by atoms with van der Waals surface area (Å²) >= 11 is 5.30. The summed E-state index contributed by atoms with van der Waals surface area (Å²) in [5.74, 6) is 2.72. The first-order valence-electron chi connectivity index (χ1n) is 8.52. The third-order valence-electron chi connectivity index (χ3n) is 6.61. The molecule has 2 saturated carbocycles. The number of carbonyl (C=O) groups excluding carboxylic acids is 2. The van der Waals surface area contributed by atoms with Crippen molar-refractivity contribution in [3.8, 4) is 5.75 Å². The SMILES string of the molecule is C[C@]12CC[C@@H]3c4ccc(OC(=O)Cl)cc4CC[C@H]3[C@@H]1CCC2=O. The van der Waals surface area contributed by atoms with Gasteiger partial charge in [0.2, 0.25) is 0 Å². The Morgan fingerprint density at radius 3 is 2.87 bits per heavy atom. The van der Waals surface area contributed by atoms with Crippen molar-refractivity contribution in [3.05, 3.63) is 29.3 Å². The summed E-state index contributed by atoms with van der Waals surface area (Å²) in [5, 5.41) is 0. The van der Waals surface area contributed by atoms with Crippen LogP contribution in [0.5, 0.6) is 5.75 Å². The van der Waals surface area contributed by atoms with Crippen LogP contribution in [0.2, 0.25) is 0 Å². The molecule has 3 nitrogen and oxygen atoms in total. The Morgan fingerprint density at radius 2 is 2.09 bits per heavy atom. The zero-order chi connectivity index (χ0) is 16.2. The van der Waals surface area contributed by atoms with Crippen molar-refractivity contribution in [1.29, 1.82) is 0 Å². The van der Waals surface area contributed by atoms with Crippen LogP contribution in [0.3, 0.4) is 0 Å². The Bertz CT molecular complexity index is 683. The van der Waals surface area contributed by atoms with E-state index in [9.17, 15) is 9.59 Å². The van der Waals surface area contributed by atoms with Crippen LogP contribution in [-0.2, 0) is 11.2 Å². The molecular formula is C19H21ClO3. The highest BCUT2D eigenvalue weighted by molar-refractivity contribution is 6.61. The number of hydrogen-bond donors (Lipinski definition) is 0. The van der Waals surface area contributed by atoms with Crippen LogP contribution in [0.1, 0.15) is 56.1 Å². The molecule has 23 heavy (non-hydrogen) atoms. The average Bonchev–Trinajstić information content (AvgIpc) is 2.82. The summed E-state index contributed by atoms with van der Waals surface area (Å²) in [6, 6.07) is 5.90. The van der Waals surface area contributed by atoms with Crippen molar-refractivity contribution >= 4 is 22.8 Å². The Kier molecular flexibility index (Phi) is 3.53. The van der Waals surface area contributed by atoms with Crippen LogP contribution in [0, 0.1) is 17.3 Å². The molecule has 4 rings (SSSR count). The minimum absolute atomic E-state index is 0.0766. The summed E-state index contributed by atoms with van der Waals surface area (Å²) in [4.78, 5) is 23.2. The lowest BCUT2D eigenvalue weighted by molar-refractivity contribution is -0.129. The van der Waals surface area contributed by atoms with Gasteiger partial charge < -0.3 is 4.74 Å². The van der Waals surface area contributed by atoms with Gasteiger partial charge in [0.05, 0.1) is 0 Å². The summed E-state index contributed by atoms with van der Waals surface area (Å²) < 4.78 is 5.00. The van der Waals surface area contributed by atoms with E-state index in [1.165, 1.54) is 11.1 Å². The van der Waals surface area contributed by atoms with Crippen LogP contribution >= 0.6 is 11.6 Å². The van der Waals surface area contributed by atoms with E-state index in [2.05, 4.69) is 13.0 Å². The third kappa shape index (κ3) is 2.32. The van der Waals surface area contributed by atoms with E-state index in [-0.39, 0.29) is 5.41 Å². The van der Waals surface area contributed by atoms with Gasteiger partial charge in [0.25, 0.3) is 0 Å². The number of aryl methyl sites for hydroxylation is 1. The summed E-state index contributed by atoms with van der Waals surface area (Å²) in [5.41, 5.74) is 1.79. The van der Waals surface area contributed by atoms with Crippen LogP contribution in [0.15, 0.2) is 18.2 Å². The Hall–Kier alpha value is -1.35. The van der Waals surface area contributed by atoms with Gasteiger partial charge in [-0.05, 0) is 73.1 Å². The molecule has 0 spiro atoms. The van der Waals surface area contributed by atoms with Crippen LogP contribution in [0.4, 0.5) is 4.79 Å². The first-order valence-corrected chi connectivity index (χ1v) is 8.90. The van der Waals surface area contributed by atoms with E-state index in [1.807, 2.05) is 12.1 Å². The van der Waals surface area contributed by atoms with Gasteiger partial charge in [-0.25, -0.2) is 4.79 Å². The van der Waals surface area contributed by atoms with Gasteiger partial charge in [-0.15, -0.1) is 0 Å². The molecule has 0 radical (unpaired) electrons. The molecule has 0 N–H and O–H groups in total. The molecular weight excluding hydrogens is 312 g/mol. The van der Waals surface area contributed by atoms with Crippen LogP contribution in [0.25, 0.3) is 0 Å². The van der Waals surface area contributed by atoms with E-state index in [4.69, 9.17) is 16.3 Å². The maximum atomic E-state index is 12.3. The molecule has 1 aromatic carbocycles. The van der Waals surface area contributed by atoms with Crippen molar-refractivity contribution < 1.29 is 14.3 Å². The normalized spacial score (nSPS) is 35.2. The molecule has 0 aliphatic heterocycles. The largest absolute Gasteiger partial charge is 0.414 e. The van der Waals surface area contributed by atoms with Crippen molar-refractivity contribution in [3.63, 3.8) is 0 Å². The first kappa shape index (κ1) is 15.2. The minimum atomic E-state index is -0.795. The van der Waals surface area contributed by atoms with Crippen molar-refractivity contribution in [2.24, 2.45) is 17.3 Å². The number of ether oxygens (including phenoxy) is 1. The number of halogens is 1. The van der Waals surface area contributed by atoms with Gasteiger partial charge in [-0.1, -0.05) is 13.0 Å². The molecule has 0 saturated heterocycles. The maximum absolute atomic E-state index is 12.3. The maximum Gasteiger partial charge on any atom is 0.409 e. The molecule has 0 amide bonds. The summed E-state index contributed by atoms with van der Waals surface area (Å²) in [6.45, 7) is 2.20. The minimum Gasteiger partial charge on any atom is -0.414 e. The second kappa shape index (κ2) is 5.34. The fourth-order valence-electron chi connectivity index (χ4n) is 5.49. The highest BCUT2D eigenvalue weighted by Gasteiger charge is 2.54. The summed E-state index contributed by atoms with van der Waals surface area (Å²) in [7, 11) is 0. The Labute approximate surface area is 141 Å². The van der Waals surface area contributed by atoms with Crippen molar-refractivity contribution in [2.75, 3.05) is 0 Å². The Morgan fingerprint density at radius 1 is 1.26 bits per heavy atom. The molecule has 4 atom stereocenters. The molecule has 0 unspecified atom stereocenters. The van der Waals surface area contributed by atoms with Gasteiger partial charge in [-0.2, -0.15) is 0 Å². The fourth-order valence-corrected chi connectivity index (χ4v) is 5.57. The van der Waals surface area contributed by atoms with Gasteiger partial charge >= 0.3 is 5.43 Å². The lowest BCUT2D eigenvalue weighted by atomic mass is 9.55. The monoisotopic (exact) mass is 332 g/mol. The van der Waals surface area contributed by atoms with Crippen molar-refractivity contribution in [1.82, 2.24) is 0 Å². The number of benzene rings is 1. The second-order valence-corrected chi connectivity index (χ2v) is 7.84. The number of hydrogen-bond acceptors (Lipinski definition) is 3. The predicted molar refractivity (Wildman–Crippen MR) is 87.9 cm³/mol. The molecule has 122 valence electrons. The Balaban J connectivity index is 1.65. The number of carbonyl (C=O) groups is 2. The molecule has 0 heterocycles. The highest BCUT2D eigenvalue weighted by Crippen LogP contribution is 2.59. The van der Waals surface area contributed by atoms with Gasteiger partial charge in [0, 0.05) is 23.4 Å². The lowest BCUT2D eigenvalue weighted by Gasteiger charge is -2.48.